The molecule has 5 nitrogen and oxygen atoms in total. The van der Waals surface area contributed by atoms with Crippen molar-refractivity contribution in [3.05, 3.63) is 39.1 Å². The van der Waals surface area contributed by atoms with Gasteiger partial charge in [0, 0.05) is 11.0 Å². The van der Waals surface area contributed by atoms with Gasteiger partial charge in [0.1, 0.15) is 5.69 Å². The van der Waals surface area contributed by atoms with Crippen LogP contribution in [0.2, 0.25) is 0 Å². The van der Waals surface area contributed by atoms with Crippen LogP contribution in [0.25, 0.3) is 0 Å². The first-order valence-corrected chi connectivity index (χ1v) is 7.55. The van der Waals surface area contributed by atoms with E-state index in [-0.39, 0.29) is 5.91 Å². The molecule has 0 aliphatic carbocycles. The van der Waals surface area contributed by atoms with Gasteiger partial charge in [-0.3, -0.25) is 9.48 Å². The predicted molar refractivity (Wildman–Crippen MR) is 88.6 cm³/mol. The van der Waals surface area contributed by atoms with Crippen molar-refractivity contribution in [1.29, 1.82) is 0 Å². The van der Waals surface area contributed by atoms with E-state index < -0.39 is 0 Å². The summed E-state index contributed by atoms with van der Waals surface area (Å²) in [5.41, 5.74) is 10.4. The van der Waals surface area contributed by atoms with Crippen molar-refractivity contribution < 1.29 is 4.79 Å². The van der Waals surface area contributed by atoms with Gasteiger partial charge < -0.3 is 11.1 Å². The topological polar surface area (TPSA) is 72.9 Å². The second-order valence-electron chi connectivity index (χ2n) is 5.06. The Kier molecular flexibility index (Phi) is 4.37. The SMILES string of the molecule is CCn1nc(C)c(N)c1C(=O)Nc1c(C)cc(C)cc1Br. The van der Waals surface area contributed by atoms with Crippen molar-refractivity contribution in [2.24, 2.45) is 0 Å². The molecule has 6 heteroatoms. The standard InChI is InChI=1S/C15H19BrN4O/c1-5-20-14(12(17)10(4)19-20)15(21)18-13-9(3)6-8(2)7-11(13)16/h6-7H,5,17H2,1-4H3,(H,18,21). The van der Waals surface area contributed by atoms with E-state index in [1.807, 2.05) is 32.9 Å². The molecule has 0 fully saturated rings. The Balaban J connectivity index is 2.40. The van der Waals surface area contributed by atoms with Gasteiger partial charge in [-0.15, -0.1) is 0 Å². The minimum Gasteiger partial charge on any atom is -0.395 e. The number of anilines is 2. The van der Waals surface area contributed by atoms with Crippen LogP contribution in [-0.2, 0) is 6.54 Å². The van der Waals surface area contributed by atoms with Crippen molar-refractivity contribution in [2.45, 2.75) is 34.2 Å². The van der Waals surface area contributed by atoms with Gasteiger partial charge in [0.15, 0.2) is 0 Å². The van der Waals surface area contributed by atoms with Crippen molar-refractivity contribution in [2.75, 3.05) is 11.1 Å². The summed E-state index contributed by atoms with van der Waals surface area (Å²) in [6.07, 6.45) is 0. The minimum absolute atomic E-state index is 0.248. The minimum atomic E-state index is -0.248. The predicted octanol–water partition coefficient (Wildman–Crippen LogP) is 3.43. The average molecular weight is 351 g/mol. The van der Waals surface area contributed by atoms with Crippen LogP contribution in [0.1, 0.15) is 34.2 Å². The molecule has 1 aromatic carbocycles. The summed E-state index contributed by atoms with van der Waals surface area (Å²) in [4.78, 5) is 12.5. The van der Waals surface area contributed by atoms with Crippen LogP contribution < -0.4 is 11.1 Å². The highest BCUT2D eigenvalue weighted by Crippen LogP contribution is 2.29. The number of halogens is 1. The number of hydrogen-bond donors (Lipinski definition) is 2. The van der Waals surface area contributed by atoms with Crippen molar-refractivity contribution in [3.63, 3.8) is 0 Å². The molecule has 1 heterocycles. The summed E-state index contributed by atoms with van der Waals surface area (Å²) in [5.74, 6) is -0.248. The third-order valence-corrected chi connectivity index (χ3v) is 3.98. The number of nitrogens with two attached hydrogens (primary N) is 1. The number of aromatic nitrogens is 2. The van der Waals surface area contributed by atoms with Gasteiger partial charge in [0.2, 0.25) is 0 Å². The molecule has 0 bridgehead atoms. The highest BCUT2D eigenvalue weighted by Gasteiger charge is 2.20. The first-order valence-electron chi connectivity index (χ1n) is 6.76. The Bertz CT molecular complexity index is 683. The maximum Gasteiger partial charge on any atom is 0.276 e. The zero-order valence-electron chi connectivity index (χ0n) is 12.6. The Hall–Kier alpha value is -1.82. The second kappa shape index (κ2) is 5.89. The van der Waals surface area contributed by atoms with Gasteiger partial charge in [0.25, 0.3) is 5.91 Å². The Morgan fingerprint density at radius 3 is 2.62 bits per heavy atom. The quantitative estimate of drug-likeness (QED) is 0.890. The molecule has 0 unspecified atom stereocenters. The number of nitrogens with one attached hydrogen (secondary N) is 1. The number of aryl methyl sites for hydroxylation is 4. The van der Waals surface area contributed by atoms with Gasteiger partial charge in [0.05, 0.1) is 17.1 Å². The lowest BCUT2D eigenvalue weighted by molar-refractivity contribution is 0.101. The van der Waals surface area contributed by atoms with Crippen molar-refractivity contribution >= 4 is 33.2 Å². The lowest BCUT2D eigenvalue weighted by Gasteiger charge is -2.12. The normalized spacial score (nSPS) is 10.7. The monoisotopic (exact) mass is 350 g/mol. The van der Waals surface area contributed by atoms with Crippen LogP contribution in [-0.4, -0.2) is 15.7 Å². The van der Waals surface area contributed by atoms with Gasteiger partial charge in [-0.25, -0.2) is 0 Å². The van der Waals surface area contributed by atoms with E-state index >= 15 is 0 Å². The Morgan fingerprint density at radius 1 is 1.38 bits per heavy atom. The molecule has 0 saturated carbocycles. The second-order valence-corrected chi connectivity index (χ2v) is 5.91. The van der Waals surface area contributed by atoms with Crippen LogP contribution in [0.4, 0.5) is 11.4 Å². The summed E-state index contributed by atoms with van der Waals surface area (Å²) in [6.45, 7) is 8.28. The fourth-order valence-corrected chi connectivity index (χ4v) is 3.08. The third kappa shape index (κ3) is 2.95. The lowest BCUT2D eigenvalue weighted by atomic mass is 10.1. The van der Waals surface area contributed by atoms with E-state index in [4.69, 9.17) is 5.73 Å². The van der Waals surface area contributed by atoms with Crippen LogP contribution >= 0.6 is 15.9 Å². The summed E-state index contributed by atoms with van der Waals surface area (Å²) >= 11 is 3.49. The molecule has 0 radical (unpaired) electrons. The molecule has 3 N–H and O–H groups in total. The van der Waals surface area contributed by atoms with E-state index in [1.54, 1.807) is 11.6 Å². The molecule has 1 aromatic heterocycles. The number of hydrogen-bond acceptors (Lipinski definition) is 3. The van der Waals surface area contributed by atoms with Gasteiger partial charge in [-0.1, -0.05) is 6.07 Å². The van der Waals surface area contributed by atoms with Crippen LogP contribution in [0.15, 0.2) is 16.6 Å². The van der Waals surface area contributed by atoms with E-state index in [0.717, 1.165) is 21.3 Å². The molecule has 0 spiro atoms. The van der Waals surface area contributed by atoms with Gasteiger partial charge >= 0.3 is 0 Å². The molecular weight excluding hydrogens is 332 g/mol. The number of rotatable bonds is 3. The largest absolute Gasteiger partial charge is 0.395 e. The smallest absolute Gasteiger partial charge is 0.276 e. The molecule has 0 atom stereocenters. The number of amides is 1. The van der Waals surface area contributed by atoms with E-state index in [1.165, 1.54) is 0 Å². The van der Waals surface area contributed by atoms with Crippen molar-refractivity contribution in [3.8, 4) is 0 Å². The fraction of sp³-hybridized carbons (Fsp3) is 0.333. The maximum absolute atomic E-state index is 12.5. The summed E-state index contributed by atoms with van der Waals surface area (Å²) in [6, 6.07) is 3.99. The fourth-order valence-electron chi connectivity index (χ4n) is 2.31. The lowest BCUT2D eigenvalue weighted by Crippen LogP contribution is -2.19. The van der Waals surface area contributed by atoms with Gasteiger partial charge in [-0.2, -0.15) is 5.10 Å². The zero-order chi connectivity index (χ0) is 15.7. The van der Waals surface area contributed by atoms with Crippen molar-refractivity contribution in [1.82, 2.24) is 9.78 Å². The first-order chi connectivity index (χ1) is 9.85. The van der Waals surface area contributed by atoms with Crippen LogP contribution in [0.3, 0.4) is 0 Å². The molecule has 21 heavy (non-hydrogen) atoms. The number of carbonyl (C=O) groups excluding carboxylic acids is 1. The molecule has 0 saturated heterocycles. The average Bonchev–Trinajstić information content (AvgIpc) is 2.69. The van der Waals surface area contributed by atoms with Crippen LogP contribution in [0, 0.1) is 20.8 Å². The summed E-state index contributed by atoms with van der Waals surface area (Å²) in [5, 5.41) is 7.19. The number of benzene rings is 1. The van der Waals surface area contributed by atoms with Crippen LogP contribution in [0.5, 0.6) is 0 Å². The summed E-state index contributed by atoms with van der Waals surface area (Å²) in [7, 11) is 0. The third-order valence-electron chi connectivity index (χ3n) is 3.36. The number of carbonyl (C=O) groups is 1. The highest BCUT2D eigenvalue weighted by atomic mass is 79.9. The molecule has 2 aromatic rings. The Labute approximate surface area is 132 Å². The zero-order valence-corrected chi connectivity index (χ0v) is 14.2. The molecule has 2 rings (SSSR count). The van der Waals surface area contributed by atoms with E-state index in [2.05, 4.69) is 26.3 Å². The first kappa shape index (κ1) is 15.6. The maximum atomic E-state index is 12.5. The van der Waals surface area contributed by atoms with Gasteiger partial charge in [-0.05, 0) is 60.8 Å². The Morgan fingerprint density at radius 2 is 2.05 bits per heavy atom. The molecule has 112 valence electrons. The molecule has 0 aliphatic rings. The summed E-state index contributed by atoms with van der Waals surface area (Å²) < 4.78 is 2.48. The number of nitrogen functional groups attached to an aromatic ring is 1. The van der Waals surface area contributed by atoms with E-state index in [9.17, 15) is 4.79 Å². The number of nitrogens with zero attached hydrogens (tertiary/aromatic N) is 2. The highest BCUT2D eigenvalue weighted by molar-refractivity contribution is 9.10. The molecule has 0 aliphatic heterocycles. The van der Waals surface area contributed by atoms with E-state index in [0.29, 0.717) is 23.6 Å². The molecular formula is C15H19BrN4O. The molecule has 1 amide bonds.